The van der Waals surface area contributed by atoms with Gasteiger partial charge >= 0.3 is 5.97 Å². The van der Waals surface area contributed by atoms with E-state index in [1.54, 1.807) is 23.5 Å². The zero-order chi connectivity index (χ0) is 23.5. The molecule has 2 fully saturated rings. The maximum atomic E-state index is 11.6. The average Bonchev–Trinajstić information content (AvgIpc) is 3.62. The van der Waals surface area contributed by atoms with Crippen molar-refractivity contribution in [2.75, 3.05) is 32.2 Å². The molecule has 0 spiro atoms. The standard InChI is InChI=1S/C27H31N3O3S/c1-32-26(31)21-9-7-19(8-10-21)24-28-29-25(34-24)20-11-13-23(14-12-20)30-17-15-27(33-2,16-18-30)22-5-3-4-6-22/h7-14,22H,3-6,15-18H2,1-2H3. The lowest BCUT2D eigenvalue weighted by Crippen LogP contribution is -2.49. The summed E-state index contributed by atoms with van der Waals surface area (Å²) in [7, 11) is 3.29. The fourth-order valence-corrected chi connectivity index (χ4v) is 6.37. The van der Waals surface area contributed by atoms with Crippen molar-refractivity contribution in [2.24, 2.45) is 5.92 Å². The number of aromatic nitrogens is 2. The Morgan fingerprint density at radius 3 is 2.00 bits per heavy atom. The number of carbonyl (C=O) groups excluding carboxylic acids is 1. The molecule has 1 aromatic heterocycles. The first-order valence-electron chi connectivity index (χ1n) is 12.0. The largest absolute Gasteiger partial charge is 0.465 e. The molecule has 7 heteroatoms. The Labute approximate surface area is 204 Å². The van der Waals surface area contributed by atoms with Gasteiger partial charge in [-0.3, -0.25) is 0 Å². The van der Waals surface area contributed by atoms with E-state index >= 15 is 0 Å². The van der Waals surface area contributed by atoms with E-state index in [0.717, 1.165) is 53.0 Å². The number of nitrogens with zero attached hydrogens (tertiary/aromatic N) is 3. The minimum absolute atomic E-state index is 0.0744. The SMILES string of the molecule is COC(=O)c1ccc(-c2nnc(-c3ccc(N4CCC(OC)(C5CCCC5)CC4)cc3)s2)cc1. The summed E-state index contributed by atoms with van der Waals surface area (Å²) in [4.78, 5) is 14.1. The number of ether oxygens (including phenoxy) is 2. The maximum absolute atomic E-state index is 11.6. The van der Waals surface area contributed by atoms with Gasteiger partial charge in [-0.25, -0.2) is 4.79 Å². The fraction of sp³-hybridized carbons (Fsp3) is 0.444. The first-order chi connectivity index (χ1) is 16.6. The van der Waals surface area contributed by atoms with Crippen molar-refractivity contribution < 1.29 is 14.3 Å². The van der Waals surface area contributed by atoms with Crippen LogP contribution in [0, 0.1) is 5.92 Å². The van der Waals surface area contributed by atoms with E-state index in [2.05, 4.69) is 39.4 Å². The zero-order valence-corrected chi connectivity index (χ0v) is 20.6. The summed E-state index contributed by atoms with van der Waals surface area (Å²) in [6.45, 7) is 2.07. The molecule has 3 aromatic rings. The molecule has 6 nitrogen and oxygen atoms in total. The van der Waals surface area contributed by atoms with E-state index in [1.165, 1.54) is 38.5 Å². The third kappa shape index (κ3) is 4.46. The van der Waals surface area contributed by atoms with E-state index in [-0.39, 0.29) is 11.6 Å². The number of piperidine rings is 1. The van der Waals surface area contributed by atoms with Gasteiger partial charge in [0, 0.05) is 37.0 Å². The van der Waals surface area contributed by atoms with Crippen LogP contribution in [-0.4, -0.2) is 49.1 Å². The zero-order valence-electron chi connectivity index (χ0n) is 19.8. The van der Waals surface area contributed by atoms with E-state index in [4.69, 9.17) is 9.47 Å². The third-order valence-corrected chi connectivity index (χ3v) is 8.59. The van der Waals surface area contributed by atoms with E-state index in [1.807, 2.05) is 19.2 Å². The molecular weight excluding hydrogens is 446 g/mol. The van der Waals surface area contributed by atoms with E-state index in [0.29, 0.717) is 5.56 Å². The third-order valence-electron chi connectivity index (χ3n) is 7.57. The second kappa shape index (κ2) is 9.84. The van der Waals surface area contributed by atoms with Crippen molar-refractivity contribution in [3.05, 3.63) is 54.1 Å². The van der Waals surface area contributed by atoms with Gasteiger partial charge in [0.25, 0.3) is 0 Å². The summed E-state index contributed by atoms with van der Waals surface area (Å²) in [6, 6.07) is 15.9. The van der Waals surface area contributed by atoms with Gasteiger partial charge in [0.15, 0.2) is 0 Å². The molecule has 0 atom stereocenters. The lowest BCUT2D eigenvalue weighted by molar-refractivity contribution is -0.0737. The molecule has 178 valence electrons. The van der Waals surface area contributed by atoms with Crippen molar-refractivity contribution in [3.63, 3.8) is 0 Å². The van der Waals surface area contributed by atoms with E-state index < -0.39 is 0 Å². The predicted molar refractivity (Wildman–Crippen MR) is 135 cm³/mol. The van der Waals surface area contributed by atoms with Gasteiger partial charge in [-0.05, 0) is 68.0 Å². The summed E-state index contributed by atoms with van der Waals surface area (Å²) >= 11 is 1.55. The molecule has 5 rings (SSSR count). The molecule has 0 N–H and O–H groups in total. The Morgan fingerprint density at radius 2 is 1.47 bits per heavy atom. The molecule has 1 aliphatic carbocycles. The Bertz CT molecular complexity index is 1110. The second-order valence-corrected chi connectivity index (χ2v) is 10.2. The first-order valence-corrected chi connectivity index (χ1v) is 12.9. The van der Waals surface area contributed by atoms with Gasteiger partial charge in [0.2, 0.25) is 0 Å². The van der Waals surface area contributed by atoms with Crippen molar-refractivity contribution >= 4 is 23.0 Å². The van der Waals surface area contributed by atoms with Crippen LogP contribution in [0.25, 0.3) is 21.1 Å². The van der Waals surface area contributed by atoms with Crippen LogP contribution in [0.3, 0.4) is 0 Å². The number of rotatable bonds is 6. The lowest BCUT2D eigenvalue weighted by Gasteiger charge is -2.45. The van der Waals surface area contributed by atoms with Gasteiger partial charge in [0.1, 0.15) is 10.0 Å². The molecule has 2 heterocycles. The topological polar surface area (TPSA) is 64.5 Å². The molecule has 1 saturated heterocycles. The van der Waals surface area contributed by atoms with Crippen molar-refractivity contribution in [3.8, 4) is 21.1 Å². The number of carbonyl (C=O) groups is 1. The van der Waals surface area contributed by atoms with Crippen LogP contribution in [0.4, 0.5) is 5.69 Å². The number of benzene rings is 2. The maximum Gasteiger partial charge on any atom is 0.337 e. The van der Waals surface area contributed by atoms with Crippen LogP contribution >= 0.6 is 11.3 Å². The molecule has 2 aromatic carbocycles. The Morgan fingerprint density at radius 1 is 0.912 bits per heavy atom. The molecule has 0 radical (unpaired) electrons. The fourth-order valence-electron chi connectivity index (χ4n) is 5.51. The van der Waals surface area contributed by atoms with Crippen molar-refractivity contribution in [1.82, 2.24) is 10.2 Å². The highest BCUT2D eigenvalue weighted by Gasteiger charge is 2.42. The van der Waals surface area contributed by atoms with Gasteiger partial charge in [0.05, 0.1) is 18.3 Å². The van der Waals surface area contributed by atoms with E-state index in [9.17, 15) is 4.79 Å². The normalized spacial score (nSPS) is 18.2. The number of anilines is 1. The van der Waals surface area contributed by atoms with Gasteiger partial charge in [-0.15, -0.1) is 10.2 Å². The van der Waals surface area contributed by atoms with Crippen molar-refractivity contribution in [1.29, 1.82) is 0 Å². The number of methoxy groups -OCH3 is 2. The number of hydrogen-bond donors (Lipinski definition) is 0. The molecule has 0 amide bonds. The summed E-state index contributed by atoms with van der Waals surface area (Å²) in [5, 5.41) is 10.5. The molecule has 1 saturated carbocycles. The van der Waals surface area contributed by atoms with Gasteiger partial charge in [-0.2, -0.15) is 0 Å². The number of esters is 1. The minimum atomic E-state index is -0.343. The second-order valence-electron chi connectivity index (χ2n) is 9.27. The predicted octanol–water partition coefficient (Wildman–Crippen LogP) is 5.83. The van der Waals surface area contributed by atoms with Gasteiger partial charge < -0.3 is 14.4 Å². The highest BCUT2D eigenvalue weighted by molar-refractivity contribution is 7.17. The smallest absolute Gasteiger partial charge is 0.337 e. The average molecular weight is 478 g/mol. The summed E-state index contributed by atoms with van der Waals surface area (Å²) < 4.78 is 10.9. The Kier molecular flexibility index (Phi) is 6.66. The Balaban J connectivity index is 1.25. The molecule has 2 aliphatic rings. The Hall–Kier alpha value is -2.77. The van der Waals surface area contributed by atoms with Crippen LogP contribution in [0.15, 0.2) is 48.5 Å². The van der Waals surface area contributed by atoms with Crippen molar-refractivity contribution in [2.45, 2.75) is 44.1 Å². The molecular formula is C27H31N3O3S. The summed E-state index contributed by atoms with van der Waals surface area (Å²) in [5.74, 6) is 0.384. The summed E-state index contributed by atoms with van der Waals surface area (Å²) in [5.41, 5.74) is 3.85. The quantitative estimate of drug-likeness (QED) is 0.416. The van der Waals surface area contributed by atoms with Gasteiger partial charge in [-0.1, -0.05) is 36.3 Å². The highest BCUT2D eigenvalue weighted by Crippen LogP contribution is 2.43. The molecule has 0 unspecified atom stereocenters. The van der Waals surface area contributed by atoms with Crippen LogP contribution < -0.4 is 4.90 Å². The van der Waals surface area contributed by atoms with Crippen LogP contribution in [-0.2, 0) is 9.47 Å². The molecule has 1 aliphatic heterocycles. The van der Waals surface area contributed by atoms with Crippen LogP contribution in [0.5, 0.6) is 0 Å². The first kappa shape index (κ1) is 23.0. The number of hydrogen-bond acceptors (Lipinski definition) is 7. The molecule has 34 heavy (non-hydrogen) atoms. The lowest BCUT2D eigenvalue weighted by atomic mass is 9.78. The summed E-state index contributed by atoms with van der Waals surface area (Å²) in [6.07, 6.45) is 7.55. The molecule has 0 bridgehead atoms. The highest BCUT2D eigenvalue weighted by atomic mass is 32.1. The van der Waals surface area contributed by atoms with Crippen LogP contribution in [0.1, 0.15) is 48.9 Å². The monoisotopic (exact) mass is 477 g/mol. The van der Waals surface area contributed by atoms with Crippen LogP contribution in [0.2, 0.25) is 0 Å². The minimum Gasteiger partial charge on any atom is -0.465 e.